The Labute approximate surface area is 177 Å². The third-order valence-corrected chi connectivity index (χ3v) is 4.99. The Bertz CT molecular complexity index is 1080. The Morgan fingerprint density at radius 2 is 1.93 bits per heavy atom. The number of H-pyrrole nitrogens is 1. The van der Waals surface area contributed by atoms with Gasteiger partial charge in [-0.25, -0.2) is 0 Å². The van der Waals surface area contributed by atoms with Gasteiger partial charge in [-0.05, 0) is 29.8 Å². The van der Waals surface area contributed by atoms with Gasteiger partial charge in [0.05, 0.1) is 18.4 Å². The Morgan fingerprint density at radius 3 is 2.60 bits per heavy atom. The van der Waals surface area contributed by atoms with Crippen LogP contribution in [-0.4, -0.2) is 33.8 Å². The van der Waals surface area contributed by atoms with Crippen molar-refractivity contribution >= 4 is 29.4 Å². The molecule has 0 radical (unpaired) electrons. The van der Waals surface area contributed by atoms with Gasteiger partial charge in [0, 0.05) is 12.1 Å². The van der Waals surface area contributed by atoms with Crippen molar-refractivity contribution in [2.75, 3.05) is 18.2 Å². The summed E-state index contributed by atoms with van der Waals surface area (Å²) in [5, 5.41) is 13.0. The molecule has 0 aliphatic rings. The van der Waals surface area contributed by atoms with Gasteiger partial charge in [-0.2, -0.15) is 4.98 Å². The second kappa shape index (κ2) is 10.3. The summed E-state index contributed by atoms with van der Waals surface area (Å²) in [5.74, 6) is 0.122. The van der Waals surface area contributed by atoms with Crippen molar-refractivity contribution in [1.29, 1.82) is 0 Å². The van der Waals surface area contributed by atoms with Gasteiger partial charge in [0.25, 0.3) is 5.56 Å². The number of hydrogen-bond acceptors (Lipinski definition) is 6. The molecule has 1 aromatic heterocycles. The van der Waals surface area contributed by atoms with E-state index in [2.05, 4.69) is 15.3 Å². The van der Waals surface area contributed by atoms with Gasteiger partial charge in [-0.1, -0.05) is 54.2 Å². The fraction of sp³-hybridized carbons (Fsp3) is 0.136. The van der Waals surface area contributed by atoms with E-state index >= 15 is 0 Å². The molecule has 3 rings (SSSR count). The van der Waals surface area contributed by atoms with Crippen LogP contribution in [-0.2, 0) is 11.2 Å². The number of hydrogen-bond donors (Lipinski definition) is 3. The SMILES string of the molecule is COc1ccc(NC(=O)CSc2nc(O)c(CC=Cc3ccccc3)c(=O)[nH]2)cc1. The standard InChI is InChI=1S/C22H21N3O4S/c1-29-17-12-10-16(11-13-17)23-19(26)14-30-22-24-20(27)18(21(28)25-22)9-5-8-15-6-3-2-4-7-15/h2-8,10-13H,9,14H2,1H3,(H,23,26)(H2,24,25,27,28). The average Bonchev–Trinajstić information content (AvgIpc) is 2.75. The Morgan fingerprint density at radius 1 is 1.20 bits per heavy atom. The molecule has 30 heavy (non-hydrogen) atoms. The normalized spacial score (nSPS) is 10.8. The van der Waals surface area contributed by atoms with E-state index < -0.39 is 5.56 Å². The highest BCUT2D eigenvalue weighted by molar-refractivity contribution is 7.99. The number of aromatic amines is 1. The van der Waals surface area contributed by atoms with E-state index in [4.69, 9.17) is 4.74 Å². The second-order valence-electron chi connectivity index (χ2n) is 6.26. The minimum atomic E-state index is -0.432. The van der Waals surface area contributed by atoms with E-state index in [0.29, 0.717) is 11.4 Å². The smallest absolute Gasteiger partial charge is 0.258 e. The zero-order chi connectivity index (χ0) is 21.3. The molecule has 0 bridgehead atoms. The molecule has 0 saturated carbocycles. The van der Waals surface area contributed by atoms with E-state index in [1.165, 1.54) is 0 Å². The number of amides is 1. The number of nitrogens with zero attached hydrogens (tertiary/aromatic N) is 1. The predicted octanol–water partition coefficient (Wildman–Crippen LogP) is 3.47. The molecule has 0 fully saturated rings. The lowest BCUT2D eigenvalue weighted by molar-refractivity contribution is -0.113. The van der Waals surface area contributed by atoms with Gasteiger partial charge in [0.2, 0.25) is 11.8 Å². The maximum atomic E-state index is 12.3. The molecule has 7 nitrogen and oxygen atoms in total. The van der Waals surface area contributed by atoms with Crippen LogP contribution < -0.4 is 15.6 Å². The molecule has 2 aromatic carbocycles. The molecule has 0 aliphatic heterocycles. The van der Waals surface area contributed by atoms with Crippen LogP contribution >= 0.6 is 11.8 Å². The molecule has 3 N–H and O–H groups in total. The highest BCUT2D eigenvalue weighted by Gasteiger charge is 2.11. The monoisotopic (exact) mass is 423 g/mol. The van der Waals surface area contributed by atoms with Crippen molar-refractivity contribution in [2.45, 2.75) is 11.6 Å². The first-order valence-electron chi connectivity index (χ1n) is 9.15. The largest absolute Gasteiger partial charge is 0.497 e. The Kier molecular flexibility index (Phi) is 7.29. The number of carbonyl (C=O) groups is 1. The molecular weight excluding hydrogens is 402 g/mol. The molecule has 0 atom stereocenters. The van der Waals surface area contributed by atoms with Crippen LogP contribution in [0.25, 0.3) is 6.08 Å². The number of allylic oxidation sites excluding steroid dienone is 1. The summed E-state index contributed by atoms with van der Waals surface area (Å²) in [6.45, 7) is 0. The summed E-state index contributed by atoms with van der Waals surface area (Å²) < 4.78 is 5.07. The molecule has 8 heteroatoms. The fourth-order valence-corrected chi connectivity index (χ4v) is 3.26. The number of thioether (sulfide) groups is 1. The first kappa shape index (κ1) is 21.2. The van der Waals surface area contributed by atoms with Gasteiger partial charge in [-0.3, -0.25) is 9.59 Å². The van der Waals surface area contributed by atoms with Crippen molar-refractivity contribution in [3.05, 3.63) is 82.2 Å². The minimum Gasteiger partial charge on any atom is -0.497 e. The number of benzene rings is 2. The van der Waals surface area contributed by atoms with Crippen LogP contribution in [0.15, 0.2) is 70.6 Å². The number of rotatable bonds is 8. The fourth-order valence-electron chi connectivity index (χ4n) is 2.60. The lowest BCUT2D eigenvalue weighted by atomic mass is 10.1. The van der Waals surface area contributed by atoms with Crippen LogP contribution in [0.3, 0.4) is 0 Å². The Balaban J connectivity index is 1.57. The van der Waals surface area contributed by atoms with Crippen molar-refractivity contribution in [3.8, 4) is 11.6 Å². The number of aromatic nitrogens is 2. The van der Waals surface area contributed by atoms with Gasteiger partial charge in [0.15, 0.2) is 5.16 Å². The molecule has 1 amide bonds. The van der Waals surface area contributed by atoms with Crippen molar-refractivity contribution in [1.82, 2.24) is 9.97 Å². The third kappa shape index (κ3) is 5.99. The Hall–Kier alpha value is -3.52. The van der Waals surface area contributed by atoms with E-state index in [-0.39, 0.29) is 34.7 Å². The zero-order valence-corrected chi connectivity index (χ0v) is 17.1. The predicted molar refractivity (Wildman–Crippen MR) is 118 cm³/mol. The van der Waals surface area contributed by atoms with Gasteiger partial charge in [0.1, 0.15) is 5.75 Å². The van der Waals surface area contributed by atoms with Crippen LogP contribution in [0.4, 0.5) is 5.69 Å². The van der Waals surface area contributed by atoms with Crippen molar-refractivity contribution in [2.24, 2.45) is 0 Å². The number of methoxy groups -OCH3 is 1. The lowest BCUT2D eigenvalue weighted by Crippen LogP contribution is -2.17. The van der Waals surface area contributed by atoms with Crippen LogP contribution in [0.2, 0.25) is 0 Å². The lowest BCUT2D eigenvalue weighted by Gasteiger charge is -2.07. The topological polar surface area (TPSA) is 104 Å². The number of ether oxygens (including phenoxy) is 1. The van der Waals surface area contributed by atoms with Crippen molar-refractivity contribution < 1.29 is 14.6 Å². The van der Waals surface area contributed by atoms with E-state index in [0.717, 1.165) is 17.3 Å². The molecule has 0 spiro atoms. The van der Waals surface area contributed by atoms with Gasteiger partial charge in [-0.15, -0.1) is 0 Å². The first-order valence-corrected chi connectivity index (χ1v) is 10.1. The molecule has 0 saturated heterocycles. The molecule has 154 valence electrons. The number of anilines is 1. The van der Waals surface area contributed by atoms with Crippen molar-refractivity contribution in [3.63, 3.8) is 0 Å². The molecule has 0 unspecified atom stereocenters. The average molecular weight is 423 g/mol. The van der Waals surface area contributed by atoms with Crippen LogP contribution in [0.5, 0.6) is 11.6 Å². The summed E-state index contributed by atoms with van der Waals surface area (Å²) >= 11 is 1.03. The summed E-state index contributed by atoms with van der Waals surface area (Å²) in [6, 6.07) is 16.6. The van der Waals surface area contributed by atoms with E-state index in [9.17, 15) is 14.7 Å². The molecule has 1 heterocycles. The summed E-state index contributed by atoms with van der Waals surface area (Å²) in [6.07, 6.45) is 3.90. The molecule has 3 aromatic rings. The highest BCUT2D eigenvalue weighted by Crippen LogP contribution is 2.19. The number of aromatic hydroxyl groups is 1. The zero-order valence-electron chi connectivity index (χ0n) is 16.3. The number of carbonyl (C=O) groups excluding carboxylic acids is 1. The summed E-state index contributed by atoms with van der Waals surface area (Å²) in [7, 11) is 1.57. The highest BCUT2D eigenvalue weighted by atomic mass is 32.2. The molecular formula is C22H21N3O4S. The molecule has 0 aliphatic carbocycles. The number of nitrogens with one attached hydrogen (secondary N) is 2. The second-order valence-corrected chi connectivity index (χ2v) is 7.22. The maximum Gasteiger partial charge on any atom is 0.258 e. The van der Waals surface area contributed by atoms with Gasteiger partial charge < -0.3 is 20.1 Å². The summed E-state index contributed by atoms with van der Waals surface area (Å²) in [4.78, 5) is 31.0. The quantitative estimate of drug-likeness (QED) is 0.379. The van der Waals surface area contributed by atoms with E-state index in [1.807, 2.05) is 36.4 Å². The maximum absolute atomic E-state index is 12.3. The third-order valence-electron chi connectivity index (χ3n) is 4.12. The first-order chi connectivity index (χ1) is 14.5. The van der Waals surface area contributed by atoms with Gasteiger partial charge >= 0.3 is 0 Å². The summed E-state index contributed by atoms with van der Waals surface area (Å²) in [5.41, 5.74) is 1.37. The van der Waals surface area contributed by atoms with Crippen LogP contribution in [0, 0.1) is 0 Å². The minimum absolute atomic E-state index is 0.0294. The van der Waals surface area contributed by atoms with Crippen LogP contribution in [0.1, 0.15) is 11.1 Å². The van der Waals surface area contributed by atoms with E-state index in [1.54, 1.807) is 37.5 Å².